The number of nitrogens with zero attached hydrogens (tertiary/aromatic N) is 2. The molecule has 0 amide bonds. The van der Waals surface area contributed by atoms with Crippen molar-refractivity contribution in [1.29, 1.82) is 0 Å². The molecule has 1 aromatic rings. The molecule has 0 aliphatic carbocycles. The molecule has 1 fully saturated rings. The molecule has 1 saturated heterocycles. The van der Waals surface area contributed by atoms with Gasteiger partial charge in [0.05, 0.1) is 13.2 Å². The Morgan fingerprint density at radius 2 is 2.13 bits per heavy atom. The van der Waals surface area contributed by atoms with E-state index in [1.165, 1.54) is 5.56 Å². The monoisotopic (exact) mass is 226 g/mol. The SMILES string of the molecule is CC(c1ccc(Cl)nc1)N1CCOCC1. The molecule has 1 unspecified atom stereocenters. The molecule has 0 aromatic carbocycles. The molecular weight excluding hydrogens is 212 g/mol. The number of rotatable bonds is 2. The summed E-state index contributed by atoms with van der Waals surface area (Å²) in [5, 5.41) is 0.549. The molecule has 15 heavy (non-hydrogen) atoms. The average molecular weight is 227 g/mol. The van der Waals surface area contributed by atoms with Crippen LogP contribution in [0.1, 0.15) is 18.5 Å². The van der Waals surface area contributed by atoms with Crippen molar-refractivity contribution in [2.75, 3.05) is 26.3 Å². The molecular formula is C11H15ClN2O. The Labute approximate surface area is 95.0 Å². The standard InChI is InChI=1S/C11H15ClN2O/c1-9(14-4-6-15-7-5-14)10-2-3-11(12)13-8-10/h2-3,8-9H,4-7H2,1H3. The molecule has 0 N–H and O–H groups in total. The molecule has 2 heterocycles. The largest absolute Gasteiger partial charge is 0.379 e. The van der Waals surface area contributed by atoms with E-state index in [0.29, 0.717) is 11.2 Å². The highest BCUT2D eigenvalue weighted by molar-refractivity contribution is 6.29. The van der Waals surface area contributed by atoms with Crippen LogP contribution >= 0.6 is 11.6 Å². The van der Waals surface area contributed by atoms with Gasteiger partial charge in [0.25, 0.3) is 0 Å². The third-order valence-electron chi connectivity index (χ3n) is 2.83. The number of ether oxygens (including phenoxy) is 1. The van der Waals surface area contributed by atoms with Gasteiger partial charge in [-0.05, 0) is 18.6 Å². The van der Waals surface area contributed by atoms with E-state index in [0.717, 1.165) is 26.3 Å². The topological polar surface area (TPSA) is 25.4 Å². The summed E-state index contributed by atoms with van der Waals surface area (Å²) in [5.74, 6) is 0. The van der Waals surface area contributed by atoms with Crippen LogP contribution in [0, 0.1) is 0 Å². The maximum Gasteiger partial charge on any atom is 0.129 e. The van der Waals surface area contributed by atoms with Gasteiger partial charge in [-0.3, -0.25) is 4.90 Å². The van der Waals surface area contributed by atoms with Crippen molar-refractivity contribution in [3.8, 4) is 0 Å². The van der Waals surface area contributed by atoms with E-state index in [4.69, 9.17) is 16.3 Å². The maximum atomic E-state index is 5.76. The quantitative estimate of drug-likeness (QED) is 0.723. The fraction of sp³-hybridized carbons (Fsp3) is 0.545. The van der Waals surface area contributed by atoms with Gasteiger partial charge >= 0.3 is 0 Å². The average Bonchev–Trinajstić information content (AvgIpc) is 2.30. The zero-order chi connectivity index (χ0) is 10.7. The molecule has 3 nitrogen and oxygen atoms in total. The van der Waals surface area contributed by atoms with Crippen molar-refractivity contribution < 1.29 is 4.74 Å². The predicted octanol–water partition coefficient (Wildman–Crippen LogP) is 2.13. The van der Waals surface area contributed by atoms with Crippen molar-refractivity contribution in [2.24, 2.45) is 0 Å². The van der Waals surface area contributed by atoms with Gasteiger partial charge < -0.3 is 4.74 Å². The molecule has 4 heteroatoms. The van der Waals surface area contributed by atoms with Gasteiger partial charge in [-0.2, -0.15) is 0 Å². The molecule has 0 radical (unpaired) electrons. The summed E-state index contributed by atoms with van der Waals surface area (Å²) in [4.78, 5) is 6.50. The van der Waals surface area contributed by atoms with E-state index < -0.39 is 0 Å². The normalized spacial score (nSPS) is 20.1. The first kappa shape index (κ1) is 10.9. The van der Waals surface area contributed by atoms with Crippen LogP contribution in [0.15, 0.2) is 18.3 Å². The van der Waals surface area contributed by atoms with Crippen LogP contribution in [-0.2, 0) is 4.74 Å². The minimum atomic E-state index is 0.388. The summed E-state index contributed by atoms with van der Waals surface area (Å²) in [6.07, 6.45) is 1.85. The maximum absolute atomic E-state index is 5.76. The van der Waals surface area contributed by atoms with Crippen LogP contribution in [0.4, 0.5) is 0 Å². The van der Waals surface area contributed by atoms with E-state index in [9.17, 15) is 0 Å². The second kappa shape index (κ2) is 4.92. The number of aromatic nitrogens is 1. The Balaban J connectivity index is 2.05. The van der Waals surface area contributed by atoms with Crippen molar-refractivity contribution in [1.82, 2.24) is 9.88 Å². The lowest BCUT2D eigenvalue weighted by molar-refractivity contribution is 0.0198. The highest BCUT2D eigenvalue weighted by atomic mass is 35.5. The third-order valence-corrected chi connectivity index (χ3v) is 3.05. The molecule has 0 spiro atoms. The summed E-state index contributed by atoms with van der Waals surface area (Å²) in [7, 11) is 0. The fourth-order valence-corrected chi connectivity index (χ4v) is 1.92. The van der Waals surface area contributed by atoms with Crippen molar-refractivity contribution >= 4 is 11.6 Å². The van der Waals surface area contributed by atoms with Crippen LogP contribution in [-0.4, -0.2) is 36.2 Å². The van der Waals surface area contributed by atoms with Crippen LogP contribution in [0.3, 0.4) is 0 Å². The first-order valence-corrected chi connectivity index (χ1v) is 5.58. The van der Waals surface area contributed by atoms with Gasteiger partial charge in [0.2, 0.25) is 0 Å². The summed E-state index contributed by atoms with van der Waals surface area (Å²) >= 11 is 5.76. The van der Waals surface area contributed by atoms with Crippen molar-refractivity contribution in [3.05, 3.63) is 29.0 Å². The van der Waals surface area contributed by atoms with Gasteiger partial charge in [0.15, 0.2) is 0 Å². The Hall–Kier alpha value is -0.640. The number of hydrogen-bond acceptors (Lipinski definition) is 3. The zero-order valence-electron chi connectivity index (χ0n) is 8.82. The highest BCUT2D eigenvalue weighted by Gasteiger charge is 2.18. The van der Waals surface area contributed by atoms with Crippen LogP contribution in [0.2, 0.25) is 5.15 Å². The third kappa shape index (κ3) is 2.68. The highest BCUT2D eigenvalue weighted by Crippen LogP contribution is 2.21. The molecule has 0 saturated carbocycles. The van der Waals surface area contributed by atoms with Gasteiger partial charge in [-0.25, -0.2) is 4.98 Å². The van der Waals surface area contributed by atoms with E-state index in [1.54, 1.807) is 0 Å². The molecule has 1 aliphatic rings. The van der Waals surface area contributed by atoms with Crippen LogP contribution < -0.4 is 0 Å². The Bertz CT molecular complexity index is 309. The second-order valence-corrected chi connectivity index (χ2v) is 4.13. The van der Waals surface area contributed by atoms with Gasteiger partial charge in [-0.15, -0.1) is 0 Å². The lowest BCUT2D eigenvalue weighted by atomic mass is 10.1. The summed E-state index contributed by atoms with van der Waals surface area (Å²) in [6.45, 7) is 5.82. The van der Waals surface area contributed by atoms with Crippen LogP contribution in [0.5, 0.6) is 0 Å². The Morgan fingerprint density at radius 3 is 2.73 bits per heavy atom. The first-order valence-electron chi connectivity index (χ1n) is 5.20. The summed E-state index contributed by atoms with van der Waals surface area (Å²) in [5.41, 5.74) is 1.21. The molecule has 1 atom stereocenters. The Kier molecular flexibility index (Phi) is 3.57. The zero-order valence-corrected chi connectivity index (χ0v) is 9.57. The van der Waals surface area contributed by atoms with Gasteiger partial charge in [0, 0.05) is 25.3 Å². The van der Waals surface area contributed by atoms with E-state index >= 15 is 0 Å². The molecule has 1 aromatic heterocycles. The number of hydrogen-bond donors (Lipinski definition) is 0. The lowest BCUT2D eigenvalue weighted by Gasteiger charge is -2.32. The van der Waals surface area contributed by atoms with Gasteiger partial charge in [-0.1, -0.05) is 17.7 Å². The molecule has 82 valence electrons. The first-order chi connectivity index (χ1) is 7.27. The minimum Gasteiger partial charge on any atom is -0.379 e. The second-order valence-electron chi connectivity index (χ2n) is 3.74. The van der Waals surface area contributed by atoms with Gasteiger partial charge in [0.1, 0.15) is 5.15 Å². The number of morpholine rings is 1. The lowest BCUT2D eigenvalue weighted by Crippen LogP contribution is -2.38. The van der Waals surface area contributed by atoms with E-state index in [-0.39, 0.29) is 0 Å². The molecule has 1 aliphatic heterocycles. The summed E-state index contributed by atoms with van der Waals surface area (Å²) in [6, 6.07) is 4.27. The van der Waals surface area contributed by atoms with E-state index in [2.05, 4.69) is 16.8 Å². The molecule has 0 bridgehead atoms. The Morgan fingerprint density at radius 1 is 1.40 bits per heavy atom. The smallest absolute Gasteiger partial charge is 0.129 e. The predicted molar refractivity (Wildman–Crippen MR) is 60.1 cm³/mol. The summed E-state index contributed by atoms with van der Waals surface area (Å²) < 4.78 is 5.33. The molecule has 2 rings (SSSR count). The van der Waals surface area contributed by atoms with Crippen molar-refractivity contribution in [3.63, 3.8) is 0 Å². The van der Waals surface area contributed by atoms with Crippen molar-refractivity contribution in [2.45, 2.75) is 13.0 Å². The fourth-order valence-electron chi connectivity index (χ4n) is 1.81. The number of pyridine rings is 1. The van der Waals surface area contributed by atoms with Crippen LogP contribution in [0.25, 0.3) is 0 Å². The minimum absolute atomic E-state index is 0.388. The van der Waals surface area contributed by atoms with E-state index in [1.807, 2.05) is 18.3 Å². The number of halogens is 1.